The monoisotopic (exact) mass is 302 g/mol. The fourth-order valence-electron chi connectivity index (χ4n) is 2.60. The Labute approximate surface area is 125 Å². The van der Waals surface area contributed by atoms with Crippen LogP contribution in [0.2, 0.25) is 0 Å². The smallest absolute Gasteiger partial charge is 0.335 e. The highest BCUT2D eigenvalue weighted by molar-refractivity contribution is 7.13. The Kier molecular flexibility index (Phi) is 3.47. The summed E-state index contributed by atoms with van der Waals surface area (Å²) in [4.78, 5) is 30.1. The highest BCUT2D eigenvalue weighted by Gasteiger charge is 2.25. The minimum Gasteiger partial charge on any atom is -0.478 e. The number of fused-ring (bicyclic) bond motifs is 1. The van der Waals surface area contributed by atoms with Gasteiger partial charge in [0.05, 0.1) is 16.8 Å². The maximum Gasteiger partial charge on any atom is 0.335 e. The van der Waals surface area contributed by atoms with Gasteiger partial charge in [-0.15, -0.1) is 11.3 Å². The normalized spacial score (nSPS) is 13.9. The van der Waals surface area contributed by atoms with E-state index in [0.29, 0.717) is 30.0 Å². The summed E-state index contributed by atoms with van der Waals surface area (Å²) in [5, 5.41) is 10.1. The van der Waals surface area contributed by atoms with E-state index < -0.39 is 5.97 Å². The number of benzene rings is 1. The molecule has 0 atom stereocenters. The third-order valence-corrected chi connectivity index (χ3v) is 4.52. The van der Waals surface area contributed by atoms with Gasteiger partial charge in [0.1, 0.15) is 4.88 Å². The van der Waals surface area contributed by atoms with Crippen LogP contribution in [-0.2, 0) is 13.0 Å². The fourth-order valence-corrected chi connectivity index (χ4v) is 3.34. The number of carboxylic acid groups (broad SMARTS) is 1. The number of carbonyl (C=O) groups excluding carboxylic acids is 1. The molecule has 0 spiro atoms. The summed E-state index contributed by atoms with van der Waals surface area (Å²) >= 11 is 1.38. The molecule has 1 amide bonds. The van der Waals surface area contributed by atoms with Crippen molar-refractivity contribution < 1.29 is 14.7 Å². The Bertz CT molecular complexity index is 723. The average Bonchev–Trinajstić information content (AvgIpc) is 2.91. The number of nitrogens with zero attached hydrogens (tertiary/aromatic N) is 2. The molecule has 0 bridgehead atoms. The van der Waals surface area contributed by atoms with Gasteiger partial charge in [0.15, 0.2) is 0 Å². The molecule has 0 aliphatic carbocycles. The van der Waals surface area contributed by atoms with E-state index in [1.54, 1.807) is 23.2 Å². The van der Waals surface area contributed by atoms with Crippen LogP contribution >= 0.6 is 11.3 Å². The van der Waals surface area contributed by atoms with E-state index in [0.717, 1.165) is 16.1 Å². The molecule has 108 valence electrons. The molecule has 21 heavy (non-hydrogen) atoms. The van der Waals surface area contributed by atoms with Crippen molar-refractivity contribution in [3.05, 3.63) is 51.0 Å². The molecule has 1 aliphatic rings. The third kappa shape index (κ3) is 2.54. The van der Waals surface area contributed by atoms with Crippen molar-refractivity contribution in [1.82, 2.24) is 9.88 Å². The number of hydrogen-bond acceptors (Lipinski definition) is 4. The quantitative estimate of drug-likeness (QED) is 0.924. The zero-order valence-electron chi connectivity index (χ0n) is 11.5. The van der Waals surface area contributed by atoms with Gasteiger partial charge in [0, 0.05) is 13.1 Å². The van der Waals surface area contributed by atoms with Gasteiger partial charge < -0.3 is 10.0 Å². The zero-order valence-corrected chi connectivity index (χ0v) is 12.3. The van der Waals surface area contributed by atoms with Gasteiger partial charge in [0.2, 0.25) is 0 Å². The SMILES string of the molecule is Cc1ncc(C(=O)N2CCc3c(cccc3C(=O)O)C2)s1. The van der Waals surface area contributed by atoms with Crippen molar-refractivity contribution in [1.29, 1.82) is 0 Å². The highest BCUT2D eigenvalue weighted by Crippen LogP contribution is 2.25. The summed E-state index contributed by atoms with van der Waals surface area (Å²) in [6.45, 7) is 2.85. The summed E-state index contributed by atoms with van der Waals surface area (Å²) in [6, 6.07) is 5.23. The summed E-state index contributed by atoms with van der Waals surface area (Å²) < 4.78 is 0. The number of aromatic carboxylic acids is 1. The maximum atomic E-state index is 12.4. The molecule has 0 saturated carbocycles. The standard InChI is InChI=1S/C15H14N2O3S/c1-9-16-7-13(21-9)14(18)17-6-5-11-10(8-17)3-2-4-12(11)15(19)20/h2-4,7H,5-6,8H2,1H3,(H,19,20). The summed E-state index contributed by atoms with van der Waals surface area (Å²) in [5.74, 6) is -0.948. The van der Waals surface area contributed by atoms with Crippen molar-refractivity contribution in [2.24, 2.45) is 0 Å². The van der Waals surface area contributed by atoms with Gasteiger partial charge in [-0.25, -0.2) is 9.78 Å². The number of carbonyl (C=O) groups is 2. The van der Waals surface area contributed by atoms with Crippen molar-refractivity contribution in [3.8, 4) is 0 Å². The van der Waals surface area contributed by atoms with Crippen LogP contribution < -0.4 is 0 Å². The van der Waals surface area contributed by atoms with E-state index in [1.165, 1.54) is 11.3 Å². The highest BCUT2D eigenvalue weighted by atomic mass is 32.1. The van der Waals surface area contributed by atoms with Crippen LogP contribution in [0.5, 0.6) is 0 Å². The largest absolute Gasteiger partial charge is 0.478 e. The van der Waals surface area contributed by atoms with E-state index >= 15 is 0 Å². The average molecular weight is 302 g/mol. The molecule has 2 heterocycles. The molecule has 0 fully saturated rings. The molecule has 0 radical (unpaired) electrons. The summed E-state index contributed by atoms with van der Waals surface area (Å²) in [6.07, 6.45) is 2.17. The minimum absolute atomic E-state index is 0.0352. The number of rotatable bonds is 2. The Morgan fingerprint density at radius 2 is 2.19 bits per heavy atom. The minimum atomic E-state index is -0.912. The van der Waals surface area contributed by atoms with Gasteiger partial charge in [-0.1, -0.05) is 12.1 Å². The summed E-state index contributed by atoms with van der Waals surface area (Å²) in [7, 11) is 0. The fraction of sp³-hybridized carbons (Fsp3) is 0.267. The lowest BCUT2D eigenvalue weighted by Gasteiger charge is -2.29. The lowest BCUT2D eigenvalue weighted by Crippen LogP contribution is -2.36. The Morgan fingerprint density at radius 3 is 2.86 bits per heavy atom. The Hall–Kier alpha value is -2.21. The van der Waals surface area contributed by atoms with Crippen LogP contribution in [0.15, 0.2) is 24.4 Å². The molecular weight excluding hydrogens is 288 g/mol. The number of aryl methyl sites for hydroxylation is 1. The first-order valence-electron chi connectivity index (χ1n) is 6.62. The first-order valence-corrected chi connectivity index (χ1v) is 7.43. The van der Waals surface area contributed by atoms with Gasteiger partial charge in [-0.05, 0) is 30.5 Å². The second kappa shape index (κ2) is 5.29. The first-order chi connectivity index (χ1) is 10.1. The van der Waals surface area contributed by atoms with Crippen molar-refractivity contribution >= 4 is 23.2 Å². The zero-order chi connectivity index (χ0) is 15.0. The molecule has 1 aromatic heterocycles. The molecular formula is C15H14N2O3S. The third-order valence-electron chi connectivity index (χ3n) is 3.62. The molecule has 2 aromatic rings. The molecule has 1 aliphatic heterocycles. The number of amides is 1. The van der Waals surface area contributed by atoms with Crippen molar-refractivity contribution in [3.63, 3.8) is 0 Å². The van der Waals surface area contributed by atoms with Crippen LogP contribution in [0.3, 0.4) is 0 Å². The van der Waals surface area contributed by atoms with E-state index in [4.69, 9.17) is 0 Å². The van der Waals surface area contributed by atoms with Crippen LogP contribution in [0.25, 0.3) is 0 Å². The van der Waals surface area contributed by atoms with Crippen molar-refractivity contribution in [2.75, 3.05) is 6.54 Å². The first kappa shape index (κ1) is 13.8. The van der Waals surface area contributed by atoms with E-state index in [-0.39, 0.29) is 5.91 Å². The summed E-state index contributed by atoms with van der Waals surface area (Å²) in [5.41, 5.74) is 2.10. The van der Waals surface area contributed by atoms with Crippen LogP contribution in [0.1, 0.15) is 36.2 Å². The molecule has 5 nitrogen and oxygen atoms in total. The van der Waals surface area contributed by atoms with Crippen molar-refractivity contribution in [2.45, 2.75) is 19.9 Å². The van der Waals surface area contributed by atoms with E-state index in [2.05, 4.69) is 4.98 Å². The molecule has 6 heteroatoms. The number of thiazole rings is 1. The predicted molar refractivity (Wildman–Crippen MR) is 78.7 cm³/mol. The van der Waals surface area contributed by atoms with Crippen LogP contribution in [0.4, 0.5) is 0 Å². The van der Waals surface area contributed by atoms with Gasteiger partial charge in [-0.2, -0.15) is 0 Å². The lowest BCUT2D eigenvalue weighted by molar-refractivity contribution is 0.0694. The molecule has 3 rings (SSSR count). The second-order valence-corrected chi connectivity index (χ2v) is 6.20. The van der Waals surface area contributed by atoms with Crippen LogP contribution in [-0.4, -0.2) is 33.4 Å². The predicted octanol–water partition coefficient (Wildman–Crippen LogP) is 2.35. The van der Waals surface area contributed by atoms with E-state index in [9.17, 15) is 14.7 Å². The van der Waals surface area contributed by atoms with E-state index in [1.807, 2.05) is 13.0 Å². The topological polar surface area (TPSA) is 70.5 Å². The number of hydrogen-bond donors (Lipinski definition) is 1. The Balaban J connectivity index is 1.86. The molecule has 1 N–H and O–H groups in total. The molecule has 0 saturated heterocycles. The van der Waals surface area contributed by atoms with Gasteiger partial charge in [0.25, 0.3) is 5.91 Å². The van der Waals surface area contributed by atoms with Crippen LogP contribution in [0, 0.1) is 6.92 Å². The maximum absolute atomic E-state index is 12.4. The Morgan fingerprint density at radius 1 is 1.38 bits per heavy atom. The number of carboxylic acids is 1. The second-order valence-electron chi connectivity index (χ2n) is 4.97. The molecule has 1 aromatic carbocycles. The number of aromatic nitrogens is 1. The van der Waals surface area contributed by atoms with Gasteiger partial charge in [-0.3, -0.25) is 4.79 Å². The van der Waals surface area contributed by atoms with Gasteiger partial charge >= 0.3 is 5.97 Å². The lowest BCUT2D eigenvalue weighted by atomic mass is 9.94. The molecule has 0 unspecified atom stereocenters.